The molecule has 0 spiro atoms. The lowest BCUT2D eigenvalue weighted by Gasteiger charge is -2.24. The normalized spacial score (nSPS) is 21.2. The van der Waals surface area contributed by atoms with Gasteiger partial charge in [0.1, 0.15) is 17.4 Å². The Hall–Kier alpha value is -1.46. The molecule has 1 amide bonds. The van der Waals surface area contributed by atoms with Crippen LogP contribution in [-0.2, 0) is 11.3 Å². The number of furan rings is 1. The van der Waals surface area contributed by atoms with Crippen LogP contribution in [-0.4, -0.2) is 22.6 Å². The Morgan fingerprint density at radius 2 is 2.30 bits per heavy atom. The van der Waals surface area contributed by atoms with Gasteiger partial charge in [0.05, 0.1) is 6.54 Å². The fraction of sp³-hybridized carbons (Fsp3) is 0.400. The second-order valence-corrected chi connectivity index (χ2v) is 7.13. The van der Waals surface area contributed by atoms with Crippen molar-refractivity contribution in [2.75, 3.05) is 5.88 Å². The van der Waals surface area contributed by atoms with Crippen molar-refractivity contribution in [2.45, 2.75) is 31.2 Å². The van der Waals surface area contributed by atoms with Crippen LogP contribution in [0.4, 0.5) is 0 Å². The summed E-state index contributed by atoms with van der Waals surface area (Å²) in [6.45, 7) is 4.60. The Morgan fingerprint density at radius 3 is 3.00 bits per heavy atom. The minimum absolute atomic E-state index is 0.0282. The van der Waals surface area contributed by atoms with Crippen molar-refractivity contribution >= 4 is 28.6 Å². The van der Waals surface area contributed by atoms with Gasteiger partial charge in [0, 0.05) is 16.0 Å². The molecule has 3 rings (SSSR count). The number of benzene rings is 1. The van der Waals surface area contributed by atoms with Crippen LogP contribution in [0.1, 0.15) is 19.6 Å². The van der Waals surface area contributed by atoms with Gasteiger partial charge in [0.2, 0.25) is 5.91 Å². The zero-order chi connectivity index (χ0) is 14.2. The topological polar surface area (TPSA) is 54.3 Å². The van der Waals surface area contributed by atoms with E-state index in [2.05, 4.69) is 24.5 Å². The van der Waals surface area contributed by atoms with E-state index in [1.807, 2.05) is 30.3 Å². The average molecular weight is 290 g/mol. The number of nitrogens with one attached hydrogen (secondary N) is 2. The molecule has 5 heteroatoms. The highest BCUT2D eigenvalue weighted by Gasteiger charge is 2.39. The molecule has 0 aliphatic carbocycles. The van der Waals surface area contributed by atoms with Gasteiger partial charge in [-0.2, -0.15) is 0 Å². The predicted molar refractivity (Wildman–Crippen MR) is 81.5 cm³/mol. The predicted octanol–water partition coefficient (Wildman–Crippen LogP) is 2.49. The molecule has 1 saturated heterocycles. The summed E-state index contributed by atoms with van der Waals surface area (Å²) in [6.07, 6.45) is 0. The number of thioether (sulfide) groups is 1. The van der Waals surface area contributed by atoms with Crippen LogP contribution in [0.5, 0.6) is 0 Å². The summed E-state index contributed by atoms with van der Waals surface area (Å²) < 4.78 is 5.62. The molecule has 2 aromatic rings. The van der Waals surface area contributed by atoms with E-state index in [-0.39, 0.29) is 16.7 Å². The highest BCUT2D eigenvalue weighted by molar-refractivity contribution is 8.00. The lowest BCUT2D eigenvalue weighted by atomic mass is 10.0. The van der Waals surface area contributed by atoms with Crippen LogP contribution in [0.15, 0.2) is 34.7 Å². The second kappa shape index (κ2) is 5.14. The Kier molecular flexibility index (Phi) is 3.48. The van der Waals surface area contributed by atoms with Gasteiger partial charge in [-0.15, -0.1) is 11.8 Å². The molecule has 1 unspecified atom stereocenters. The summed E-state index contributed by atoms with van der Waals surface area (Å²) in [5.41, 5.74) is 0.853. The SMILES string of the molecule is CC1(C)SCNC1C(=O)NCc1cc2ccccc2o1. The van der Waals surface area contributed by atoms with Crippen LogP contribution in [0, 0.1) is 0 Å². The first kappa shape index (κ1) is 13.5. The Morgan fingerprint density at radius 1 is 1.50 bits per heavy atom. The number of para-hydroxylation sites is 1. The molecule has 1 aliphatic heterocycles. The standard InChI is InChI=1S/C15H18N2O2S/c1-15(2)13(17-9-20-15)14(18)16-8-11-7-10-5-3-4-6-12(10)19-11/h3-7,13,17H,8-9H2,1-2H3,(H,16,18). The molecular weight excluding hydrogens is 272 g/mol. The largest absolute Gasteiger partial charge is 0.459 e. The van der Waals surface area contributed by atoms with Crippen molar-refractivity contribution in [3.63, 3.8) is 0 Å². The molecular formula is C15H18N2O2S. The molecule has 20 heavy (non-hydrogen) atoms. The summed E-state index contributed by atoms with van der Waals surface area (Å²) >= 11 is 1.77. The van der Waals surface area contributed by atoms with Crippen molar-refractivity contribution in [2.24, 2.45) is 0 Å². The third-order valence-corrected chi connectivity index (χ3v) is 4.89. The molecule has 2 heterocycles. The maximum Gasteiger partial charge on any atom is 0.238 e. The fourth-order valence-electron chi connectivity index (χ4n) is 2.45. The monoisotopic (exact) mass is 290 g/mol. The zero-order valence-electron chi connectivity index (χ0n) is 11.6. The number of amides is 1. The molecule has 4 nitrogen and oxygen atoms in total. The molecule has 1 aliphatic rings. The quantitative estimate of drug-likeness (QED) is 0.912. The van der Waals surface area contributed by atoms with Crippen molar-refractivity contribution in [3.05, 3.63) is 36.1 Å². The van der Waals surface area contributed by atoms with Crippen LogP contribution in [0.2, 0.25) is 0 Å². The summed E-state index contributed by atoms with van der Waals surface area (Å²) in [6, 6.07) is 9.66. The first-order chi connectivity index (χ1) is 9.56. The van der Waals surface area contributed by atoms with Gasteiger partial charge in [-0.25, -0.2) is 0 Å². The Bertz CT molecular complexity index is 603. The number of hydrogen-bond acceptors (Lipinski definition) is 4. The summed E-state index contributed by atoms with van der Waals surface area (Å²) in [7, 11) is 0. The maximum atomic E-state index is 12.2. The van der Waals surface area contributed by atoms with E-state index >= 15 is 0 Å². The van der Waals surface area contributed by atoms with Gasteiger partial charge in [-0.1, -0.05) is 18.2 Å². The number of rotatable bonds is 3. The highest BCUT2D eigenvalue weighted by Crippen LogP contribution is 2.33. The van der Waals surface area contributed by atoms with Gasteiger partial charge in [0.25, 0.3) is 0 Å². The van der Waals surface area contributed by atoms with Gasteiger partial charge in [0.15, 0.2) is 0 Å². The van der Waals surface area contributed by atoms with E-state index < -0.39 is 0 Å². The minimum Gasteiger partial charge on any atom is -0.459 e. The smallest absolute Gasteiger partial charge is 0.238 e. The third kappa shape index (κ3) is 2.55. The van der Waals surface area contributed by atoms with Gasteiger partial charge in [-0.3, -0.25) is 10.1 Å². The Balaban J connectivity index is 1.65. The zero-order valence-corrected chi connectivity index (χ0v) is 12.4. The van der Waals surface area contributed by atoms with Crippen LogP contribution in [0.25, 0.3) is 11.0 Å². The minimum atomic E-state index is -0.156. The van der Waals surface area contributed by atoms with Crippen molar-refractivity contribution in [1.82, 2.24) is 10.6 Å². The first-order valence-corrected chi connectivity index (χ1v) is 7.67. The first-order valence-electron chi connectivity index (χ1n) is 6.69. The number of carbonyl (C=O) groups is 1. The number of hydrogen-bond donors (Lipinski definition) is 2. The van der Waals surface area contributed by atoms with Gasteiger partial charge >= 0.3 is 0 Å². The molecule has 1 fully saturated rings. The van der Waals surface area contributed by atoms with Crippen molar-refractivity contribution in [3.8, 4) is 0 Å². The Labute approximate surface area is 122 Å². The van der Waals surface area contributed by atoms with Gasteiger partial charge < -0.3 is 9.73 Å². The second-order valence-electron chi connectivity index (χ2n) is 5.50. The van der Waals surface area contributed by atoms with E-state index in [9.17, 15) is 4.79 Å². The van der Waals surface area contributed by atoms with Crippen molar-refractivity contribution in [1.29, 1.82) is 0 Å². The number of fused-ring (bicyclic) bond motifs is 1. The molecule has 1 atom stereocenters. The maximum absolute atomic E-state index is 12.2. The summed E-state index contributed by atoms with van der Waals surface area (Å²) in [5.74, 6) is 1.62. The molecule has 1 aromatic heterocycles. The van der Waals surface area contributed by atoms with E-state index in [4.69, 9.17) is 4.42 Å². The molecule has 0 radical (unpaired) electrons. The lowest BCUT2D eigenvalue weighted by Crippen LogP contribution is -2.49. The third-order valence-electron chi connectivity index (χ3n) is 3.60. The molecule has 2 N–H and O–H groups in total. The van der Waals surface area contributed by atoms with Crippen molar-refractivity contribution < 1.29 is 9.21 Å². The van der Waals surface area contributed by atoms with E-state index in [0.717, 1.165) is 22.6 Å². The summed E-state index contributed by atoms with van der Waals surface area (Å²) in [5, 5.41) is 7.24. The molecule has 106 valence electrons. The van der Waals surface area contributed by atoms with Crippen LogP contribution < -0.4 is 10.6 Å². The molecule has 0 bridgehead atoms. The highest BCUT2D eigenvalue weighted by atomic mass is 32.2. The van der Waals surface area contributed by atoms with Crippen LogP contribution >= 0.6 is 11.8 Å². The van der Waals surface area contributed by atoms with E-state index in [1.165, 1.54) is 0 Å². The van der Waals surface area contributed by atoms with E-state index in [1.54, 1.807) is 11.8 Å². The fourth-order valence-corrected chi connectivity index (χ4v) is 3.43. The number of carbonyl (C=O) groups excluding carboxylic acids is 1. The van der Waals surface area contributed by atoms with Gasteiger partial charge in [-0.05, 0) is 26.0 Å². The molecule has 0 saturated carbocycles. The summed E-state index contributed by atoms with van der Waals surface area (Å²) in [4.78, 5) is 12.2. The lowest BCUT2D eigenvalue weighted by molar-refractivity contribution is -0.123. The van der Waals surface area contributed by atoms with E-state index in [0.29, 0.717) is 6.54 Å². The van der Waals surface area contributed by atoms with Crippen LogP contribution in [0.3, 0.4) is 0 Å². The average Bonchev–Trinajstić information content (AvgIpc) is 2.98. The molecule has 1 aromatic carbocycles.